The molecule has 0 bridgehead atoms. The molecule has 0 aliphatic carbocycles. The topological polar surface area (TPSA) is 56.0 Å². The van der Waals surface area contributed by atoms with E-state index in [0.717, 1.165) is 0 Å². The molecule has 0 saturated carbocycles. The zero-order chi connectivity index (χ0) is 9.14. The van der Waals surface area contributed by atoms with Crippen LogP contribution in [0.4, 0.5) is 0 Å². The zero-order valence-corrected chi connectivity index (χ0v) is 7.34. The first-order valence-corrected chi connectivity index (χ1v) is 3.77. The second kappa shape index (κ2) is 3.69. The molecule has 1 aromatic rings. The number of pyridine rings is 1. The molecule has 1 heterocycles. The van der Waals surface area contributed by atoms with Gasteiger partial charge in [0.15, 0.2) is 0 Å². The van der Waals surface area contributed by atoms with Crippen molar-refractivity contribution in [3.8, 4) is 0 Å². The molecular weight excluding hydrogens is 203 g/mol. The molecule has 1 rings (SSSR count). The fraction of sp³-hybridized carbons (Fsp3) is 0.167. The SMILES string of the molecule is O=[N+]([O-])Cc1cnc(Cl)c(Cl)c1. The van der Waals surface area contributed by atoms with Gasteiger partial charge in [-0.2, -0.15) is 0 Å². The number of halogens is 2. The summed E-state index contributed by atoms with van der Waals surface area (Å²) < 4.78 is 0. The van der Waals surface area contributed by atoms with Gasteiger partial charge < -0.3 is 0 Å². The minimum atomic E-state index is -0.457. The maximum atomic E-state index is 10.1. The molecule has 0 aliphatic heterocycles. The van der Waals surface area contributed by atoms with Crippen LogP contribution in [-0.4, -0.2) is 9.91 Å². The summed E-state index contributed by atoms with van der Waals surface area (Å²) >= 11 is 11.1. The number of hydrogen-bond donors (Lipinski definition) is 0. The van der Waals surface area contributed by atoms with Crippen LogP contribution in [0, 0.1) is 10.1 Å². The van der Waals surface area contributed by atoms with Gasteiger partial charge in [-0.15, -0.1) is 0 Å². The third-order valence-corrected chi connectivity index (χ3v) is 1.85. The Morgan fingerprint density at radius 3 is 2.75 bits per heavy atom. The van der Waals surface area contributed by atoms with Gasteiger partial charge in [0.2, 0.25) is 6.54 Å². The lowest BCUT2D eigenvalue weighted by molar-refractivity contribution is -0.496. The smallest absolute Gasteiger partial charge is 0.230 e. The standard InChI is InChI=1S/C6H4Cl2N2O2/c7-5-1-4(3-10(11)12)2-9-6(5)8/h1-2H,3H2. The number of rotatable bonds is 2. The van der Waals surface area contributed by atoms with Gasteiger partial charge in [0.25, 0.3) is 0 Å². The van der Waals surface area contributed by atoms with E-state index >= 15 is 0 Å². The molecule has 0 amide bonds. The Bertz CT molecular complexity index is 316. The molecule has 0 saturated heterocycles. The first kappa shape index (κ1) is 9.22. The average Bonchev–Trinajstić information content (AvgIpc) is 1.96. The minimum absolute atomic E-state index is 0.156. The molecule has 0 N–H and O–H groups in total. The van der Waals surface area contributed by atoms with E-state index in [0.29, 0.717) is 5.56 Å². The van der Waals surface area contributed by atoms with Crippen molar-refractivity contribution in [1.29, 1.82) is 0 Å². The lowest BCUT2D eigenvalue weighted by Gasteiger charge is -1.96. The minimum Gasteiger partial charge on any atom is -0.264 e. The lowest BCUT2D eigenvalue weighted by Crippen LogP contribution is -1.98. The van der Waals surface area contributed by atoms with Crippen molar-refractivity contribution in [3.63, 3.8) is 0 Å². The van der Waals surface area contributed by atoms with Gasteiger partial charge in [0, 0.05) is 16.7 Å². The predicted octanol–water partition coefficient (Wildman–Crippen LogP) is 2.17. The highest BCUT2D eigenvalue weighted by atomic mass is 35.5. The van der Waals surface area contributed by atoms with Crippen molar-refractivity contribution >= 4 is 23.2 Å². The summed E-state index contributed by atoms with van der Waals surface area (Å²) in [6, 6.07) is 1.43. The van der Waals surface area contributed by atoms with Crippen molar-refractivity contribution in [2.75, 3.05) is 0 Å². The van der Waals surface area contributed by atoms with Crippen LogP contribution in [0.3, 0.4) is 0 Å². The Labute approximate surface area is 78.3 Å². The highest BCUT2D eigenvalue weighted by Crippen LogP contribution is 2.19. The van der Waals surface area contributed by atoms with Crippen molar-refractivity contribution in [2.24, 2.45) is 0 Å². The van der Waals surface area contributed by atoms with Gasteiger partial charge in [-0.3, -0.25) is 10.1 Å². The summed E-state index contributed by atoms with van der Waals surface area (Å²) in [6.07, 6.45) is 1.33. The van der Waals surface area contributed by atoms with Gasteiger partial charge in [-0.1, -0.05) is 23.2 Å². The molecule has 0 aromatic carbocycles. The maximum absolute atomic E-state index is 10.1. The first-order valence-electron chi connectivity index (χ1n) is 3.01. The van der Waals surface area contributed by atoms with E-state index in [1.54, 1.807) is 0 Å². The number of aromatic nitrogens is 1. The highest BCUT2D eigenvalue weighted by Gasteiger charge is 2.05. The van der Waals surface area contributed by atoms with Crippen LogP contribution >= 0.6 is 23.2 Å². The molecule has 0 radical (unpaired) electrons. The third-order valence-electron chi connectivity index (χ3n) is 1.16. The summed E-state index contributed by atoms with van der Waals surface area (Å²) in [5.41, 5.74) is 0.439. The number of hydrogen-bond acceptors (Lipinski definition) is 3. The summed E-state index contributed by atoms with van der Waals surface area (Å²) in [6.45, 7) is -0.288. The Morgan fingerprint density at radius 1 is 1.58 bits per heavy atom. The van der Waals surface area contributed by atoms with E-state index in [9.17, 15) is 10.1 Å². The van der Waals surface area contributed by atoms with Crippen LogP contribution in [0.1, 0.15) is 5.56 Å². The van der Waals surface area contributed by atoms with Crippen molar-refractivity contribution in [1.82, 2.24) is 4.98 Å². The van der Waals surface area contributed by atoms with E-state index < -0.39 is 4.92 Å². The molecule has 0 atom stereocenters. The predicted molar refractivity (Wildman–Crippen MR) is 45.0 cm³/mol. The first-order chi connectivity index (χ1) is 5.59. The van der Waals surface area contributed by atoms with E-state index in [2.05, 4.69) is 4.98 Å². The van der Waals surface area contributed by atoms with Crippen LogP contribution in [0.2, 0.25) is 10.2 Å². The van der Waals surface area contributed by atoms with E-state index in [1.807, 2.05) is 0 Å². The summed E-state index contributed by atoms with van der Waals surface area (Å²) in [4.78, 5) is 13.3. The maximum Gasteiger partial charge on any atom is 0.230 e. The number of nitro groups is 1. The van der Waals surface area contributed by atoms with Crippen LogP contribution in [-0.2, 0) is 6.54 Å². The normalized spacial score (nSPS) is 9.83. The Balaban J connectivity index is 2.89. The van der Waals surface area contributed by atoms with Gasteiger partial charge in [0.05, 0.1) is 5.02 Å². The Kier molecular flexibility index (Phi) is 2.83. The molecule has 0 unspecified atom stereocenters. The molecule has 0 fully saturated rings. The molecule has 6 heteroatoms. The van der Waals surface area contributed by atoms with Crippen LogP contribution in [0.15, 0.2) is 12.3 Å². The number of nitrogens with zero attached hydrogens (tertiary/aromatic N) is 2. The monoisotopic (exact) mass is 206 g/mol. The van der Waals surface area contributed by atoms with E-state index in [-0.39, 0.29) is 16.7 Å². The van der Waals surface area contributed by atoms with E-state index in [4.69, 9.17) is 23.2 Å². The van der Waals surface area contributed by atoms with Crippen LogP contribution < -0.4 is 0 Å². The second-order valence-corrected chi connectivity index (χ2v) is 2.87. The largest absolute Gasteiger partial charge is 0.264 e. The van der Waals surface area contributed by atoms with Crippen LogP contribution in [0.5, 0.6) is 0 Å². The fourth-order valence-corrected chi connectivity index (χ4v) is 0.989. The molecule has 0 aliphatic rings. The van der Waals surface area contributed by atoms with Crippen molar-refractivity contribution in [3.05, 3.63) is 38.1 Å². The Hall–Kier alpha value is -0.870. The second-order valence-electron chi connectivity index (χ2n) is 2.11. The zero-order valence-electron chi connectivity index (χ0n) is 5.83. The summed E-state index contributed by atoms with van der Waals surface area (Å²) in [5, 5.41) is 10.5. The molecule has 4 nitrogen and oxygen atoms in total. The molecule has 12 heavy (non-hydrogen) atoms. The average molecular weight is 207 g/mol. The summed E-state index contributed by atoms with van der Waals surface area (Å²) in [5.74, 6) is 0. The quantitative estimate of drug-likeness (QED) is 0.424. The molecule has 0 spiro atoms. The molecular formula is C6H4Cl2N2O2. The Morgan fingerprint density at radius 2 is 2.25 bits per heavy atom. The lowest BCUT2D eigenvalue weighted by atomic mass is 10.3. The van der Waals surface area contributed by atoms with Crippen molar-refractivity contribution in [2.45, 2.75) is 6.54 Å². The van der Waals surface area contributed by atoms with E-state index in [1.165, 1.54) is 12.3 Å². The highest BCUT2D eigenvalue weighted by molar-refractivity contribution is 6.41. The van der Waals surface area contributed by atoms with Crippen LogP contribution in [0.25, 0.3) is 0 Å². The molecule has 64 valence electrons. The van der Waals surface area contributed by atoms with Crippen molar-refractivity contribution < 1.29 is 4.92 Å². The van der Waals surface area contributed by atoms with Gasteiger partial charge in [0.1, 0.15) is 5.15 Å². The van der Waals surface area contributed by atoms with Gasteiger partial charge >= 0.3 is 0 Å². The summed E-state index contributed by atoms with van der Waals surface area (Å²) in [7, 11) is 0. The third kappa shape index (κ3) is 2.32. The fourth-order valence-electron chi connectivity index (χ4n) is 0.696. The molecule has 1 aromatic heterocycles. The van der Waals surface area contributed by atoms with Gasteiger partial charge in [-0.25, -0.2) is 4.98 Å². The van der Waals surface area contributed by atoms with Gasteiger partial charge in [-0.05, 0) is 6.07 Å².